The van der Waals surface area contributed by atoms with Crippen molar-refractivity contribution in [1.82, 2.24) is 0 Å². The molecule has 2 saturated carbocycles. The molecule has 23 heavy (non-hydrogen) atoms. The van der Waals surface area contributed by atoms with Crippen LogP contribution in [0.4, 0.5) is 0 Å². The van der Waals surface area contributed by atoms with Gasteiger partial charge in [-0.2, -0.15) is 0 Å². The van der Waals surface area contributed by atoms with Crippen molar-refractivity contribution in [3.05, 3.63) is 11.6 Å². The number of fused-ring (bicyclic) bond motifs is 1. The highest BCUT2D eigenvalue weighted by molar-refractivity contribution is 5.86. The number of carboxylic acids is 4. The van der Waals surface area contributed by atoms with Crippen molar-refractivity contribution in [2.45, 2.75) is 6.92 Å². The Hall–Kier alpha value is -2.38. The minimum absolute atomic E-state index is 0.639. The molecular weight excluding hydrogens is 308 g/mol. The summed E-state index contributed by atoms with van der Waals surface area (Å²) in [6, 6.07) is 0. The number of aliphatic carboxylic acids is 4. The molecule has 124 valence electrons. The second kappa shape index (κ2) is 4.81. The van der Waals surface area contributed by atoms with Gasteiger partial charge < -0.3 is 20.4 Å². The summed E-state index contributed by atoms with van der Waals surface area (Å²) in [5, 5.41) is 37.6. The molecular formula is C15H16O8. The third-order valence-corrected chi connectivity index (χ3v) is 5.83. The molecule has 0 unspecified atom stereocenters. The standard InChI is InChI=1S/C15H16O8/c1-3-2-4-6-8(11(15(22)23)10(6)14(20)21)5(3)9(13(18)19)7(4)12(16)17/h2,4-11H,1H3,(H,16,17)(H,18,19)(H,20,21)(H,22,23)/t4-,5-,6-,7+,8+,9-,10+,11+/m1/s1. The van der Waals surface area contributed by atoms with Gasteiger partial charge in [0.1, 0.15) is 0 Å². The molecule has 4 N–H and O–H groups in total. The van der Waals surface area contributed by atoms with E-state index < -0.39 is 71.2 Å². The van der Waals surface area contributed by atoms with Crippen molar-refractivity contribution in [1.29, 1.82) is 0 Å². The lowest BCUT2D eigenvalue weighted by atomic mass is 9.38. The Morgan fingerprint density at radius 3 is 1.61 bits per heavy atom. The zero-order chi connectivity index (χ0) is 17.2. The van der Waals surface area contributed by atoms with E-state index in [4.69, 9.17) is 0 Å². The van der Waals surface area contributed by atoms with E-state index in [1.54, 1.807) is 13.0 Å². The fourth-order valence-electron chi connectivity index (χ4n) is 5.19. The lowest BCUT2D eigenvalue weighted by Crippen LogP contribution is -2.68. The molecule has 0 spiro atoms. The van der Waals surface area contributed by atoms with Gasteiger partial charge >= 0.3 is 23.9 Å². The van der Waals surface area contributed by atoms with Gasteiger partial charge in [-0.05, 0) is 30.6 Å². The maximum absolute atomic E-state index is 11.6. The number of carboxylic acid groups (broad SMARTS) is 4. The monoisotopic (exact) mass is 324 g/mol. The third-order valence-electron chi connectivity index (χ3n) is 5.83. The lowest BCUT2D eigenvalue weighted by Gasteiger charge is -2.63. The molecule has 0 aromatic carbocycles. The Kier molecular flexibility index (Phi) is 3.24. The van der Waals surface area contributed by atoms with Crippen molar-refractivity contribution in [2.24, 2.45) is 47.3 Å². The van der Waals surface area contributed by atoms with E-state index in [2.05, 4.69) is 0 Å². The Labute approximate surface area is 130 Å². The van der Waals surface area contributed by atoms with Crippen molar-refractivity contribution < 1.29 is 39.6 Å². The van der Waals surface area contributed by atoms with Crippen molar-refractivity contribution in [2.75, 3.05) is 0 Å². The SMILES string of the molecule is CC1=C[C@H]2[C@H](C(=O)O)[C@H](C(=O)O)[C@H]1[C@@H]1[C@H](C(=O)O)[C@@H](C(=O)O)[C@H]21. The van der Waals surface area contributed by atoms with Gasteiger partial charge in [0.25, 0.3) is 0 Å². The third kappa shape index (κ3) is 1.83. The molecule has 0 heterocycles. The molecule has 2 bridgehead atoms. The minimum Gasteiger partial charge on any atom is -0.481 e. The number of hydrogen-bond donors (Lipinski definition) is 4. The summed E-state index contributed by atoms with van der Waals surface area (Å²) in [6.07, 6.45) is 1.64. The molecule has 8 nitrogen and oxygen atoms in total. The van der Waals surface area contributed by atoms with Crippen LogP contribution in [0.5, 0.6) is 0 Å². The Morgan fingerprint density at radius 1 is 0.739 bits per heavy atom. The number of rotatable bonds is 4. The average Bonchev–Trinajstić information content (AvgIpc) is 2.36. The Morgan fingerprint density at radius 2 is 1.17 bits per heavy atom. The normalized spacial score (nSPS) is 43.8. The van der Waals surface area contributed by atoms with E-state index in [0.29, 0.717) is 5.57 Å². The molecule has 4 aliphatic carbocycles. The zero-order valence-corrected chi connectivity index (χ0v) is 12.1. The highest BCUT2D eigenvalue weighted by Crippen LogP contribution is 2.66. The molecule has 0 saturated heterocycles. The van der Waals surface area contributed by atoms with Gasteiger partial charge in [-0.15, -0.1) is 0 Å². The van der Waals surface area contributed by atoms with Crippen LogP contribution >= 0.6 is 0 Å². The molecule has 4 aliphatic rings. The highest BCUT2D eigenvalue weighted by atomic mass is 16.4. The van der Waals surface area contributed by atoms with E-state index in [-0.39, 0.29) is 0 Å². The molecule has 8 heteroatoms. The average molecular weight is 324 g/mol. The van der Waals surface area contributed by atoms with E-state index in [0.717, 1.165) is 0 Å². The first-order chi connectivity index (χ1) is 10.7. The van der Waals surface area contributed by atoms with Gasteiger partial charge in [0.05, 0.1) is 23.7 Å². The summed E-state index contributed by atoms with van der Waals surface area (Å²) in [5.74, 6) is -12.7. The van der Waals surface area contributed by atoms with E-state index >= 15 is 0 Å². The molecule has 4 rings (SSSR count). The van der Waals surface area contributed by atoms with Crippen LogP contribution < -0.4 is 0 Å². The molecule has 0 aromatic heterocycles. The fraction of sp³-hybridized carbons (Fsp3) is 0.600. The second-order valence-electron chi connectivity index (χ2n) is 6.62. The Balaban J connectivity index is 2.12. The smallest absolute Gasteiger partial charge is 0.308 e. The van der Waals surface area contributed by atoms with Gasteiger partial charge in [-0.1, -0.05) is 11.6 Å². The van der Waals surface area contributed by atoms with Gasteiger partial charge in [-0.3, -0.25) is 19.2 Å². The summed E-state index contributed by atoms with van der Waals surface area (Å²) in [5.41, 5.74) is 0.649. The number of carbonyl (C=O) groups is 4. The summed E-state index contributed by atoms with van der Waals surface area (Å²) in [6.45, 7) is 1.66. The molecule has 0 radical (unpaired) electrons. The van der Waals surface area contributed by atoms with Gasteiger partial charge in [0, 0.05) is 0 Å². The van der Waals surface area contributed by atoms with Crippen LogP contribution in [-0.2, 0) is 19.2 Å². The quantitative estimate of drug-likeness (QED) is 0.537. The molecule has 0 aliphatic heterocycles. The summed E-state index contributed by atoms with van der Waals surface area (Å²) in [4.78, 5) is 46.1. The van der Waals surface area contributed by atoms with Gasteiger partial charge in [-0.25, -0.2) is 0 Å². The fourth-order valence-corrected chi connectivity index (χ4v) is 5.19. The topological polar surface area (TPSA) is 149 Å². The van der Waals surface area contributed by atoms with Crippen molar-refractivity contribution in [3.63, 3.8) is 0 Å². The first kappa shape index (κ1) is 15.5. The van der Waals surface area contributed by atoms with Gasteiger partial charge in [0.2, 0.25) is 0 Å². The largest absolute Gasteiger partial charge is 0.481 e. The summed E-state index contributed by atoms with van der Waals surface area (Å²) in [7, 11) is 0. The van der Waals surface area contributed by atoms with Crippen LogP contribution in [0.3, 0.4) is 0 Å². The van der Waals surface area contributed by atoms with E-state index in [9.17, 15) is 39.6 Å². The van der Waals surface area contributed by atoms with Crippen LogP contribution in [0.15, 0.2) is 11.6 Å². The molecule has 0 amide bonds. The first-order valence-electron chi connectivity index (χ1n) is 7.28. The van der Waals surface area contributed by atoms with Crippen LogP contribution in [0, 0.1) is 47.3 Å². The number of allylic oxidation sites excluding steroid dienone is 2. The predicted octanol–water partition coefficient (Wildman–Crippen LogP) is 0.242. The van der Waals surface area contributed by atoms with E-state index in [1.807, 2.05) is 0 Å². The Bertz CT molecular complexity index is 650. The minimum atomic E-state index is -1.28. The molecule has 0 aromatic rings. The van der Waals surface area contributed by atoms with E-state index in [1.165, 1.54) is 0 Å². The van der Waals surface area contributed by atoms with Crippen molar-refractivity contribution >= 4 is 23.9 Å². The van der Waals surface area contributed by atoms with Crippen LogP contribution in [0.2, 0.25) is 0 Å². The highest BCUT2D eigenvalue weighted by Gasteiger charge is 2.71. The van der Waals surface area contributed by atoms with Crippen LogP contribution in [-0.4, -0.2) is 44.3 Å². The number of hydrogen-bond acceptors (Lipinski definition) is 4. The summed E-state index contributed by atoms with van der Waals surface area (Å²) < 4.78 is 0. The maximum atomic E-state index is 11.6. The van der Waals surface area contributed by atoms with Gasteiger partial charge in [0.15, 0.2) is 0 Å². The van der Waals surface area contributed by atoms with Crippen LogP contribution in [0.25, 0.3) is 0 Å². The first-order valence-corrected chi connectivity index (χ1v) is 7.28. The van der Waals surface area contributed by atoms with Crippen molar-refractivity contribution in [3.8, 4) is 0 Å². The lowest BCUT2D eigenvalue weighted by molar-refractivity contribution is -0.207. The zero-order valence-electron chi connectivity index (χ0n) is 12.1. The molecule has 2 fully saturated rings. The predicted molar refractivity (Wildman–Crippen MR) is 72.2 cm³/mol. The second-order valence-corrected chi connectivity index (χ2v) is 6.62. The summed E-state index contributed by atoms with van der Waals surface area (Å²) >= 11 is 0. The maximum Gasteiger partial charge on any atom is 0.308 e. The molecule has 8 atom stereocenters. The van der Waals surface area contributed by atoms with Crippen LogP contribution in [0.1, 0.15) is 6.92 Å².